The highest BCUT2D eigenvalue weighted by Crippen LogP contribution is 2.34. The van der Waals surface area contributed by atoms with Crippen LogP contribution in [0.5, 0.6) is 0 Å². The van der Waals surface area contributed by atoms with Gasteiger partial charge < -0.3 is 10.2 Å². The van der Waals surface area contributed by atoms with Crippen molar-refractivity contribution in [1.29, 1.82) is 0 Å². The van der Waals surface area contributed by atoms with Crippen LogP contribution in [-0.4, -0.2) is 16.7 Å². The predicted molar refractivity (Wildman–Crippen MR) is 85.5 cm³/mol. The molecule has 0 bridgehead atoms. The van der Waals surface area contributed by atoms with Crippen LogP contribution in [0.2, 0.25) is 0 Å². The quantitative estimate of drug-likeness (QED) is 0.943. The van der Waals surface area contributed by atoms with Crippen molar-refractivity contribution >= 4 is 17.5 Å². The minimum atomic E-state index is -0.0912. The van der Waals surface area contributed by atoms with E-state index in [4.69, 9.17) is 0 Å². The molecule has 0 saturated carbocycles. The number of benzene rings is 2. The zero-order valence-corrected chi connectivity index (χ0v) is 12.7. The van der Waals surface area contributed by atoms with Crippen molar-refractivity contribution in [3.8, 4) is 0 Å². The van der Waals surface area contributed by atoms with Gasteiger partial charge in [0.25, 0.3) is 5.91 Å². The molecule has 0 spiro atoms. The highest BCUT2D eigenvalue weighted by molar-refractivity contribution is 5.99. The first-order chi connectivity index (χ1) is 10.6. The van der Waals surface area contributed by atoms with Gasteiger partial charge in [-0.25, -0.2) is 0 Å². The first-order valence-electron chi connectivity index (χ1n) is 7.32. The maximum Gasteiger partial charge on any atom is 0.255 e. The number of carbonyl (C=O) groups excluding carboxylic acids is 2. The summed E-state index contributed by atoms with van der Waals surface area (Å²) in [6.07, 6.45) is 0. The number of nitrogens with zero attached hydrogens (tertiary/aromatic N) is 1. The summed E-state index contributed by atoms with van der Waals surface area (Å²) < 4.78 is 0. The lowest BCUT2D eigenvalue weighted by atomic mass is 10.1. The lowest BCUT2D eigenvalue weighted by Gasteiger charge is -2.22. The summed E-state index contributed by atoms with van der Waals surface area (Å²) in [5.74, 6) is -0.0134. The Labute approximate surface area is 129 Å². The Balaban J connectivity index is 1.77. The van der Waals surface area contributed by atoms with Gasteiger partial charge in [-0.05, 0) is 36.2 Å². The van der Waals surface area contributed by atoms with Gasteiger partial charge in [-0.15, -0.1) is 0 Å². The predicted octanol–water partition coefficient (Wildman–Crippen LogP) is 3.36. The number of anilines is 1. The van der Waals surface area contributed by atoms with E-state index < -0.39 is 0 Å². The van der Waals surface area contributed by atoms with Crippen molar-refractivity contribution in [1.82, 2.24) is 4.90 Å². The van der Waals surface area contributed by atoms with Gasteiger partial charge in [-0.2, -0.15) is 0 Å². The Hall–Kier alpha value is -2.62. The highest BCUT2D eigenvalue weighted by atomic mass is 16.2. The van der Waals surface area contributed by atoms with Gasteiger partial charge in [0.1, 0.15) is 0 Å². The summed E-state index contributed by atoms with van der Waals surface area (Å²) in [7, 11) is 0. The third-order valence-corrected chi connectivity index (χ3v) is 4.00. The number of rotatable bonds is 3. The second-order valence-corrected chi connectivity index (χ2v) is 5.57. The van der Waals surface area contributed by atoms with E-state index in [9.17, 15) is 9.59 Å². The van der Waals surface area contributed by atoms with Crippen LogP contribution in [0.1, 0.15) is 41.4 Å². The Morgan fingerprint density at radius 2 is 1.82 bits per heavy atom. The number of nitrogens with one attached hydrogen (secondary N) is 1. The third-order valence-electron chi connectivity index (χ3n) is 4.00. The fourth-order valence-corrected chi connectivity index (χ4v) is 2.86. The van der Waals surface area contributed by atoms with Crippen LogP contribution in [0, 0.1) is 0 Å². The molecule has 1 heterocycles. The largest absolute Gasteiger partial charge is 0.328 e. The van der Waals surface area contributed by atoms with Crippen LogP contribution >= 0.6 is 0 Å². The van der Waals surface area contributed by atoms with Crippen LogP contribution < -0.4 is 5.32 Å². The van der Waals surface area contributed by atoms with E-state index in [0.29, 0.717) is 6.54 Å². The zero-order chi connectivity index (χ0) is 15.7. The molecule has 1 atom stereocenters. The average Bonchev–Trinajstić information content (AvgIpc) is 2.74. The fourth-order valence-electron chi connectivity index (χ4n) is 2.86. The summed E-state index contributed by atoms with van der Waals surface area (Å²) in [5, 5.41) is 2.74. The summed E-state index contributed by atoms with van der Waals surface area (Å²) in [5.41, 5.74) is 3.69. The maximum absolute atomic E-state index is 12.5. The van der Waals surface area contributed by atoms with E-state index in [2.05, 4.69) is 12.2 Å². The van der Waals surface area contributed by atoms with Crippen molar-refractivity contribution < 1.29 is 9.59 Å². The van der Waals surface area contributed by atoms with Gasteiger partial charge >= 0.3 is 0 Å². The number of amides is 2. The van der Waals surface area contributed by atoms with Crippen molar-refractivity contribution in [2.75, 3.05) is 5.32 Å². The molecular weight excluding hydrogens is 276 g/mol. The van der Waals surface area contributed by atoms with Gasteiger partial charge in [0, 0.05) is 24.7 Å². The van der Waals surface area contributed by atoms with Crippen LogP contribution in [0.4, 0.5) is 5.69 Å². The van der Waals surface area contributed by atoms with Crippen LogP contribution in [0.15, 0.2) is 48.5 Å². The van der Waals surface area contributed by atoms with Gasteiger partial charge in [0.05, 0.1) is 6.04 Å². The first kappa shape index (κ1) is 14.3. The van der Waals surface area contributed by atoms with Gasteiger partial charge in [-0.1, -0.05) is 30.3 Å². The second-order valence-electron chi connectivity index (χ2n) is 5.57. The standard InChI is InChI=1S/C18H18N2O2/c1-12-16-5-3-4-6-17(16)18(22)20(12)11-14-7-9-15(10-8-14)19-13(2)21/h3-10,12H,11H2,1-2H3,(H,19,21). The highest BCUT2D eigenvalue weighted by Gasteiger charge is 2.33. The number of hydrogen-bond acceptors (Lipinski definition) is 2. The molecule has 4 nitrogen and oxygen atoms in total. The molecule has 4 heteroatoms. The molecule has 22 heavy (non-hydrogen) atoms. The van der Waals surface area contributed by atoms with E-state index in [1.54, 1.807) is 0 Å². The first-order valence-corrected chi connectivity index (χ1v) is 7.32. The molecule has 1 N–H and O–H groups in total. The monoisotopic (exact) mass is 294 g/mol. The van der Waals surface area contributed by atoms with Gasteiger partial charge in [0.2, 0.25) is 5.91 Å². The van der Waals surface area contributed by atoms with Crippen molar-refractivity contribution in [3.63, 3.8) is 0 Å². The Morgan fingerprint density at radius 1 is 1.14 bits per heavy atom. The lowest BCUT2D eigenvalue weighted by Crippen LogP contribution is -2.26. The molecule has 1 aliphatic heterocycles. The molecule has 3 rings (SSSR count). The topological polar surface area (TPSA) is 49.4 Å². The molecule has 1 aliphatic rings. The summed E-state index contributed by atoms with van der Waals surface area (Å²) >= 11 is 0. The molecule has 0 aromatic heterocycles. The molecule has 0 aliphatic carbocycles. The summed E-state index contributed by atoms with van der Waals surface area (Å²) in [6.45, 7) is 4.10. The van der Waals surface area contributed by atoms with E-state index in [1.807, 2.05) is 53.4 Å². The van der Waals surface area contributed by atoms with Crippen LogP contribution in [0.3, 0.4) is 0 Å². The molecule has 0 fully saturated rings. The van der Waals surface area contributed by atoms with Crippen LogP contribution in [0.25, 0.3) is 0 Å². The summed E-state index contributed by atoms with van der Waals surface area (Å²) in [4.78, 5) is 25.4. The molecule has 0 saturated heterocycles. The van der Waals surface area contributed by atoms with E-state index in [1.165, 1.54) is 6.92 Å². The Morgan fingerprint density at radius 3 is 2.45 bits per heavy atom. The van der Waals surface area contributed by atoms with E-state index in [0.717, 1.165) is 22.4 Å². The zero-order valence-electron chi connectivity index (χ0n) is 12.7. The normalized spacial score (nSPS) is 16.5. The average molecular weight is 294 g/mol. The molecule has 1 unspecified atom stereocenters. The smallest absolute Gasteiger partial charge is 0.255 e. The van der Waals surface area contributed by atoms with Crippen LogP contribution in [-0.2, 0) is 11.3 Å². The Bertz CT molecular complexity index is 722. The summed E-state index contributed by atoms with van der Waals surface area (Å²) in [6, 6.07) is 15.4. The van der Waals surface area contributed by atoms with Crippen molar-refractivity contribution in [2.45, 2.75) is 26.4 Å². The molecule has 112 valence electrons. The SMILES string of the molecule is CC(=O)Nc1ccc(CN2C(=O)c3ccccc3C2C)cc1. The van der Waals surface area contributed by atoms with Crippen molar-refractivity contribution in [3.05, 3.63) is 65.2 Å². The van der Waals surface area contributed by atoms with E-state index in [-0.39, 0.29) is 17.9 Å². The molecular formula is C18H18N2O2. The van der Waals surface area contributed by atoms with E-state index >= 15 is 0 Å². The second kappa shape index (κ2) is 5.64. The molecule has 2 amide bonds. The van der Waals surface area contributed by atoms with Crippen molar-refractivity contribution in [2.24, 2.45) is 0 Å². The van der Waals surface area contributed by atoms with Gasteiger partial charge in [-0.3, -0.25) is 9.59 Å². The molecule has 0 radical (unpaired) electrons. The number of hydrogen-bond donors (Lipinski definition) is 1. The lowest BCUT2D eigenvalue weighted by molar-refractivity contribution is -0.114. The number of carbonyl (C=O) groups is 2. The fraction of sp³-hybridized carbons (Fsp3) is 0.222. The third kappa shape index (κ3) is 2.60. The Kier molecular flexibility index (Phi) is 3.67. The molecule has 2 aromatic carbocycles. The minimum absolute atomic E-state index is 0.0778. The maximum atomic E-state index is 12.5. The minimum Gasteiger partial charge on any atom is -0.328 e. The molecule has 2 aromatic rings. The van der Waals surface area contributed by atoms with Gasteiger partial charge in [0.15, 0.2) is 0 Å². The number of fused-ring (bicyclic) bond motifs is 1.